The summed E-state index contributed by atoms with van der Waals surface area (Å²) in [6.45, 7) is 5.69. The van der Waals surface area contributed by atoms with Crippen molar-refractivity contribution in [1.82, 2.24) is 19.8 Å². The number of hydrogen-bond donors (Lipinski definition) is 1. The number of aromatic nitrogens is 2. The summed E-state index contributed by atoms with van der Waals surface area (Å²) >= 11 is 0. The SMILES string of the molecule is COC[C@H](COc1nc2c(c(N3CCN(C(=O)O)C(CC#N)C3)n1)CCN(c1cccc3cccc(C)c13)C2)N(C)C1CCC1. The highest BCUT2D eigenvalue weighted by Crippen LogP contribution is 2.36. The number of benzene rings is 2. The van der Waals surface area contributed by atoms with Crippen LogP contribution in [0, 0.1) is 18.3 Å². The largest absolute Gasteiger partial charge is 0.465 e. The van der Waals surface area contributed by atoms with Gasteiger partial charge in [0.1, 0.15) is 12.4 Å². The third-order valence-electron chi connectivity index (χ3n) is 9.80. The van der Waals surface area contributed by atoms with Gasteiger partial charge in [-0.05, 0) is 50.2 Å². The van der Waals surface area contributed by atoms with Gasteiger partial charge >= 0.3 is 12.1 Å². The number of anilines is 2. The molecular weight excluding hydrogens is 570 g/mol. The van der Waals surface area contributed by atoms with Crippen molar-refractivity contribution in [2.45, 2.75) is 63.7 Å². The smallest absolute Gasteiger partial charge is 0.407 e. The molecule has 1 saturated carbocycles. The van der Waals surface area contributed by atoms with E-state index in [2.05, 4.69) is 71.1 Å². The fourth-order valence-corrected chi connectivity index (χ4v) is 7.01. The van der Waals surface area contributed by atoms with Gasteiger partial charge in [-0.3, -0.25) is 4.90 Å². The summed E-state index contributed by atoms with van der Waals surface area (Å²) in [6.07, 6.45) is 3.50. The number of amides is 1. The highest BCUT2D eigenvalue weighted by Gasteiger charge is 2.34. The van der Waals surface area contributed by atoms with Gasteiger partial charge in [0, 0.05) is 56.0 Å². The number of aryl methyl sites for hydroxylation is 1. The van der Waals surface area contributed by atoms with E-state index in [0.29, 0.717) is 51.4 Å². The van der Waals surface area contributed by atoms with Crippen molar-refractivity contribution in [3.63, 3.8) is 0 Å². The fourth-order valence-electron chi connectivity index (χ4n) is 7.01. The molecule has 0 spiro atoms. The lowest BCUT2D eigenvalue weighted by Gasteiger charge is -2.41. The molecule has 11 heteroatoms. The van der Waals surface area contributed by atoms with E-state index in [1.807, 2.05) is 0 Å². The summed E-state index contributed by atoms with van der Waals surface area (Å²) in [6, 6.07) is 15.5. The second kappa shape index (κ2) is 13.5. The summed E-state index contributed by atoms with van der Waals surface area (Å²) in [5.41, 5.74) is 4.40. The predicted octanol–water partition coefficient (Wildman–Crippen LogP) is 4.46. The van der Waals surface area contributed by atoms with Crippen molar-refractivity contribution in [3.8, 4) is 12.1 Å². The van der Waals surface area contributed by atoms with E-state index < -0.39 is 12.1 Å². The van der Waals surface area contributed by atoms with Gasteiger partial charge in [-0.25, -0.2) is 4.79 Å². The van der Waals surface area contributed by atoms with Crippen LogP contribution < -0.4 is 14.5 Å². The van der Waals surface area contributed by atoms with Crippen molar-refractivity contribution < 1.29 is 19.4 Å². The van der Waals surface area contributed by atoms with Crippen LogP contribution in [0.4, 0.5) is 16.3 Å². The number of fused-ring (bicyclic) bond motifs is 2. The number of ether oxygens (including phenoxy) is 2. The van der Waals surface area contributed by atoms with Crippen LogP contribution in [0.15, 0.2) is 36.4 Å². The lowest BCUT2D eigenvalue weighted by molar-refractivity contribution is 0.0265. The van der Waals surface area contributed by atoms with E-state index >= 15 is 0 Å². The Hall–Kier alpha value is -4.14. The highest BCUT2D eigenvalue weighted by atomic mass is 16.5. The first-order valence-corrected chi connectivity index (χ1v) is 16.0. The van der Waals surface area contributed by atoms with Crippen LogP contribution >= 0.6 is 0 Å². The van der Waals surface area contributed by atoms with Crippen LogP contribution in [0.25, 0.3) is 10.8 Å². The summed E-state index contributed by atoms with van der Waals surface area (Å²) in [5, 5.41) is 21.7. The first-order chi connectivity index (χ1) is 21.9. The Morgan fingerprint density at radius 3 is 2.64 bits per heavy atom. The standard InChI is InChI=1S/C34H43N7O4/c1-23-7-4-8-24-9-5-12-30(31(23)24)39-16-14-28-29(20-39)36-33(45-22-27(21-44-3)38(2)25-10-6-11-25)37-32(28)40-17-18-41(34(42)43)26(19-40)13-15-35/h4-5,7-9,12,25-27H,6,10-11,13-14,16-22H2,1-3H3,(H,42,43)/t26?,27-/m1/s1. The highest BCUT2D eigenvalue weighted by molar-refractivity contribution is 5.97. The molecule has 6 rings (SSSR count). The third-order valence-corrected chi connectivity index (χ3v) is 9.80. The molecule has 0 radical (unpaired) electrons. The van der Waals surface area contributed by atoms with Gasteiger partial charge < -0.3 is 29.3 Å². The van der Waals surface area contributed by atoms with Crippen LogP contribution in [-0.2, 0) is 17.7 Å². The molecule has 1 saturated heterocycles. The van der Waals surface area contributed by atoms with Crippen LogP contribution in [0.1, 0.15) is 42.5 Å². The monoisotopic (exact) mass is 613 g/mol. The molecule has 1 unspecified atom stereocenters. The van der Waals surface area contributed by atoms with Crippen LogP contribution in [0.2, 0.25) is 0 Å². The molecule has 45 heavy (non-hydrogen) atoms. The summed E-state index contributed by atoms with van der Waals surface area (Å²) in [5.74, 6) is 0.785. The summed E-state index contributed by atoms with van der Waals surface area (Å²) < 4.78 is 11.9. The second-order valence-corrected chi connectivity index (χ2v) is 12.5. The van der Waals surface area contributed by atoms with Gasteiger partial charge in [0.25, 0.3) is 0 Å². The lowest BCUT2D eigenvalue weighted by atomic mass is 9.91. The van der Waals surface area contributed by atoms with Gasteiger partial charge in [-0.2, -0.15) is 15.2 Å². The predicted molar refractivity (Wildman–Crippen MR) is 173 cm³/mol. The minimum absolute atomic E-state index is 0.0673. The van der Waals surface area contributed by atoms with Crippen LogP contribution in [-0.4, -0.2) is 103 Å². The number of rotatable bonds is 10. The van der Waals surface area contributed by atoms with Crippen molar-refractivity contribution in [2.75, 3.05) is 63.4 Å². The number of nitriles is 1. The summed E-state index contributed by atoms with van der Waals surface area (Å²) in [7, 11) is 3.85. The normalized spacial score (nSPS) is 19.3. The maximum absolute atomic E-state index is 11.9. The molecule has 1 N–H and O–H groups in total. The number of hydrogen-bond acceptors (Lipinski definition) is 9. The number of carbonyl (C=O) groups is 1. The lowest BCUT2D eigenvalue weighted by Crippen LogP contribution is -2.55. The van der Waals surface area contributed by atoms with E-state index in [1.165, 1.54) is 46.2 Å². The van der Waals surface area contributed by atoms with Gasteiger partial charge in [0.15, 0.2) is 0 Å². The molecule has 3 heterocycles. The van der Waals surface area contributed by atoms with Crippen molar-refractivity contribution in [2.24, 2.45) is 0 Å². The molecule has 238 valence electrons. The molecule has 1 amide bonds. The number of nitrogens with zero attached hydrogens (tertiary/aromatic N) is 7. The Kier molecular flexibility index (Phi) is 9.24. The van der Waals surface area contributed by atoms with E-state index in [0.717, 1.165) is 30.0 Å². The van der Waals surface area contributed by atoms with E-state index in [9.17, 15) is 15.2 Å². The number of likely N-dealkylation sites (N-methyl/N-ethyl adjacent to an activating group) is 1. The molecule has 3 aromatic rings. The maximum atomic E-state index is 11.9. The Labute approximate surface area is 265 Å². The Morgan fingerprint density at radius 2 is 1.93 bits per heavy atom. The minimum atomic E-state index is -0.996. The van der Waals surface area contributed by atoms with Gasteiger partial charge in [0.2, 0.25) is 0 Å². The number of methoxy groups -OCH3 is 1. The molecule has 2 fully saturated rings. The topological polar surface area (TPSA) is 118 Å². The van der Waals surface area contributed by atoms with E-state index in [-0.39, 0.29) is 12.5 Å². The second-order valence-electron chi connectivity index (χ2n) is 12.5. The quantitative estimate of drug-likeness (QED) is 0.351. The summed E-state index contributed by atoms with van der Waals surface area (Å²) in [4.78, 5) is 30.1. The Balaban J connectivity index is 1.33. The maximum Gasteiger partial charge on any atom is 0.407 e. The van der Waals surface area contributed by atoms with E-state index in [4.69, 9.17) is 19.4 Å². The third kappa shape index (κ3) is 6.35. The first-order valence-electron chi connectivity index (χ1n) is 16.0. The molecule has 11 nitrogen and oxygen atoms in total. The van der Waals surface area contributed by atoms with Gasteiger partial charge in [-0.1, -0.05) is 36.8 Å². The molecule has 2 atom stereocenters. The number of piperazine rings is 1. The van der Waals surface area contributed by atoms with Crippen molar-refractivity contribution in [1.29, 1.82) is 5.26 Å². The van der Waals surface area contributed by atoms with Crippen LogP contribution in [0.3, 0.4) is 0 Å². The molecule has 3 aliphatic rings. The molecule has 2 aromatic carbocycles. The zero-order valence-corrected chi connectivity index (χ0v) is 26.5. The number of carboxylic acid groups (broad SMARTS) is 1. The van der Waals surface area contributed by atoms with Gasteiger partial charge in [0.05, 0.1) is 43.4 Å². The average molecular weight is 614 g/mol. The Bertz CT molecular complexity index is 1570. The molecule has 0 bridgehead atoms. The molecule has 1 aliphatic carbocycles. The Morgan fingerprint density at radius 1 is 1.13 bits per heavy atom. The zero-order chi connectivity index (χ0) is 31.5. The van der Waals surface area contributed by atoms with Crippen molar-refractivity contribution >= 4 is 28.4 Å². The molecule has 2 aliphatic heterocycles. The van der Waals surface area contributed by atoms with Gasteiger partial charge in [-0.15, -0.1) is 0 Å². The first kappa shape index (κ1) is 30.9. The minimum Gasteiger partial charge on any atom is -0.465 e. The fraction of sp³-hybridized carbons (Fsp3) is 0.529. The average Bonchev–Trinajstić information content (AvgIpc) is 3.01. The molecular formula is C34H43N7O4. The van der Waals surface area contributed by atoms with Crippen molar-refractivity contribution in [3.05, 3.63) is 53.2 Å². The van der Waals surface area contributed by atoms with Crippen LogP contribution in [0.5, 0.6) is 6.01 Å². The zero-order valence-electron chi connectivity index (χ0n) is 26.5. The molecule has 1 aromatic heterocycles. The van der Waals surface area contributed by atoms with E-state index in [1.54, 1.807) is 7.11 Å².